The van der Waals surface area contributed by atoms with E-state index in [1.54, 1.807) is 24.3 Å². The number of anilines is 1. The van der Waals surface area contributed by atoms with Gasteiger partial charge < -0.3 is 21.2 Å². The fourth-order valence-electron chi connectivity index (χ4n) is 1.56. The second kappa shape index (κ2) is 4.79. The zero-order chi connectivity index (χ0) is 13.1. The second-order valence-electron chi connectivity index (χ2n) is 3.88. The zero-order valence-corrected chi connectivity index (χ0v) is 9.60. The van der Waals surface area contributed by atoms with E-state index in [9.17, 15) is 9.59 Å². The first-order valence-electron chi connectivity index (χ1n) is 5.42. The smallest absolute Gasteiger partial charge is 0.287 e. The third-order valence-corrected chi connectivity index (χ3v) is 2.42. The van der Waals surface area contributed by atoms with E-state index in [1.807, 2.05) is 0 Å². The molecule has 0 unspecified atom stereocenters. The van der Waals surface area contributed by atoms with Gasteiger partial charge in [0.1, 0.15) is 5.58 Å². The maximum Gasteiger partial charge on any atom is 0.287 e. The first-order valence-corrected chi connectivity index (χ1v) is 5.42. The standard InChI is InChI=1S/C12H13N3O3/c13-8-1-2-9-7(5-8)6-10(18-9)12(17)15-4-3-11(14)16/h1-2,5-6H,3-4,13H2,(H2,14,16)(H,15,17). The van der Waals surface area contributed by atoms with Gasteiger partial charge in [0.15, 0.2) is 5.76 Å². The minimum atomic E-state index is -0.465. The molecule has 94 valence electrons. The van der Waals surface area contributed by atoms with Crippen molar-refractivity contribution in [2.24, 2.45) is 5.73 Å². The molecule has 2 rings (SSSR count). The Morgan fingerprint density at radius 3 is 2.78 bits per heavy atom. The quantitative estimate of drug-likeness (QED) is 0.687. The average molecular weight is 247 g/mol. The fourth-order valence-corrected chi connectivity index (χ4v) is 1.56. The van der Waals surface area contributed by atoms with E-state index in [2.05, 4.69) is 5.32 Å². The zero-order valence-electron chi connectivity index (χ0n) is 9.60. The van der Waals surface area contributed by atoms with Crippen molar-refractivity contribution in [3.63, 3.8) is 0 Å². The van der Waals surface area contributed by atoms with Gasteiger partial charge in [-0.15, -0.1) is 0 Å². The molecule has 2 aromatic rings. The first-order chi connectivity index (χ1) is 8.56. The van der Waals surface area contributed by atoms with E-state index in [-0.39, 0.29) is 24.6 Å². The van der Waals surface area contributed by atoms with Crippen molar-refractivity contribution in [2.75, 3.05) is 12.3 Å². The highest BCUT2D eigenvalue weighted by atomic mass is 16.3. The molecule has 0 aliphatic heterocycles. The van der Waals surface area contributed by atoms with Gasteiger partial charge >= 0.3 is 0 Å². The molecular weight excluding hydrogens is 234 g/mol. The Morgan fingerprint density at radius 2 is 2.06 bits per heavy atom. The molecule has 0 saturated carbocycles. The largest absolute Gasteiger partial charge is 0.451 e. The number of amides is 2. The molecule has 1 aromatic carbocycles. The van der Waals surface area contributed by atoms with Crippen LogP contribution >= 0.6 is 0 Å². The number of nitrogens with one attached hydrogen (secondary N) is 1. The summed E-state index contributed by atoms with van der Waals surface area (Å²) < 4.78 is 5.36. The van der Waals surface area contributed by atoms with Crippen molar-refractivity contribution >= 4 is 28.5 Å². The lowest BCUT2D eigenvalue weighted by Gasteiger charge is -1.99. The summed E-state index contributed by atoms with van der Waals surface area (Å²) in [5.74, 6) is -0.668. The van der Waals surface area contributed by atoms with Crippen LogP contribution in [0.2, 0.25) is 0 Å². The molecular formula is C12H13N3O3. The van der Waals surface area contributed by atoms with Gasteiger partial charge in [-0.2, -0.15) is 0 Å². The number of hydrogen-bond acceptors (Lipinski definition) is 4. The van der Waals surface area contributed by atoms with Crippen LogP contribution in [0.5, 0.6) is 0 Å². The Balaban J connectivity index is 2.10. The Morgan fingerprint density at radius 1 is 1.28 bits per heavy atom. The fraction of sp³-hybridized carbons (Fsp3) is 0.167. The van der Waals surface area contributed by atoms with Crippen molar-refractivity contribution in [3.05, 3.63) is 30.0 Å². The van der Waals surface area contributed by atoms with Crippen LogP contribution in [0.25, 0.3) is 11.0 Å². The normalized spacial score (nSPS) is 10.4. The Kier molecular flexibility index (Phi) is 3.18. The lowest BCUT2D eigenvalue weighted by molar-refractivity contribution is -0.117. The van der Waals surface area contributed by atoms with Crippen LogP contribution in [-0.4, -0.2) is 18.4 Å². The Hall–Kier alpha value is -2.50. The molecule has 1 heterocycles. The molecule has 6 heteroatoms. The predicted molar refractivity (Wildman–Crippen MR) is 66.8 cm³/mol. The monoisotopic (exact) mass is 247 g/mol. The first kappa shape index (κ1) is 12.0. The predicted octanol–water partition coefficient (Wildman–Crippen LogP) is 0.620. The third kappa shape index (κ3) is 2.60. The van der Waals surface area contributed by atoms with E-state index in [1.165, 1.54) is 0 Å². The van der Waals surface area contributed by atoms with E-state index < -0.39 is 5.91 Å². The van der Waals surface area contributed by atoms with Gasteiger partial charge in [-0.1, -0.05) is 0 Å². The number of carbonyl (C=O) groups excluding carboxylic acids is 2. The van der Waals surface area contributed by atoms with Crippen molar-refractivity contribution < 1.29 is 14.0 Å². The highest BCUT2D eigenvalue weighted by Gasteiger charge is 2.12. The summed E-state index contributed by atoms with van der Waals surface area (Å²) in [6, 6.07) is 6.72. The second-order valence-corrected chi connectivity index (χ2v) is 3.88. The lowest BCUT2D eigenvalue weighted by atomic mass is 10.2. The number of benzene rings is 1. The van der Waals surface area contributed by atoms with Crippen molar-refractivity contribution in [1.29, 1.82) is 0 Å². The number of rotatable bonds is 4. The number of carbonyl (C=O) groups is 2. The summed E-state index contributed by atoms with van der Waals surface area (Å²) in [6.45, 7) is 0.188. The van der Waals surface area contributed by atoms with Crippen LogP contribution < -0.4 is 16.8 Å². The lowest BCUT2D eigenvalue weighted by Crippen LogP contribution is -2.27. The number of hydrogen-bond donors (Lipinski definition) is 3. The topological polar surface area (TPSA) is 111 Å². The summed E-state index contributed by atoms with van der Waals surface area (Å²) in [4.78, 5) is 22.2. The molecule has 0 atom stereocenters. The molecule has 1 aromatic heterocycles. The maximum absolute atomic E-state index is 11.7. The summed E-state index contributed by atoms with van der Waals surface area (Å²) in [6.07, 6.45) is 0.0961. The van der Waals surface area contributed by atoms with Crippen LogP contribution in [-0.2, 0) is 4.79 Å². The summed E-state index contributed by atoms with van der Waals surface area (Å²) >= 11 is 0. The van der Waals surface area contributed by atoms with Gasteiger partial charge in [0.2, 0.25) is 5.91 Å². The minimum absolute atomic E-state index is 0.0961. The Bertz CT molecular complexity index is 604. The summed E-state index contributed by atoms with van der Waals surface area (Å²) in [5, 5.41) is 3.30. The third-order valence-electron chi connectivity index (χ3n) is 2.42. The SMILES string of the molecule is NC(=O)CCNC(=O)c1cc2cc(N)ccc2o1. The minimum Gasteiger partial charge on any atom is -0.451 e. The van der Waals surface area contributed by atoms with Gasteiger partial charge in [0.05, 0.1) is 0 Å². The molecule has 0 saturated heterocycles. The van der Waals surface area contributed by atoms with E-state index >= 15 is 0 Å². The molecule has 5 N–H and O–H groups in total. The molecule has 0 radical (unpaired) electrons. The van der Waals surface area contributed by atoms with Crippen molar-refractivity contribution in [3.8, 4) is 0 Å². The van der Waals surface area contributed by atoms with Crippen LogP contribution in [0.15, 0.2) is 28.7 Å². The number of fused-ring (bicyclic) bond motifs is 1. The summed E-state index contributed by atoms with van der Waals surface area (Å²) in [5.41, 5.74) is 11.8. The summed E-state index contributed by atoms with van der Waals surface area (Å²) in [7, 11) is 0. The molecule has 0 spiro atoms. The van der Waals surface area contributed by atoms with Gasteiger partial charge in [-0.05, 0) is 24.3 Å². The number of nitrogens with two attached hydrogens (primary N) is 2. The molecule has 2 amide bonds. The van der Waals surface area contributed by atoms with Crippen molar-refractivity contribution in [1.82, 2.24) is 5.32 Å². The van der Waals surface area contributed by atoms with Crippen LogP contribution in [0.3, 0.4) is 0 Å². The van der Waals surface area contributed by atoms with Gasteiger partial charge in [-0.25, -0.2) is 0 Å². The molecule has 6 nitrogen and oxygen atoms in total. The van der Waals surface area contributed by atoms with Crippen LogP contribution in [0.1, 0.15) is 17.0 Å². The van der Waals surface area contributed by atoms with Crippen LogP contribution in [0.4, 0.5) is 5.69 Å². The van der Waals surface area contributed by atoms with E-state index in [0.717, 1.165) is 5.39 Å². The van der Waals surface area contributed by atoms with E-state index in [0.29, 0.717) is 11.3 Å². The number of furan rings is 1. The molecule has 0 aliphatic rings. The van der Waals surface area contributed by atoms with Gasteiger partial charge in [0.25, 0.3) is 5.91 Å². The van der Waals surface area contributed by atoms with Crippen LogP contribution in [0, 0.1) is 0 Å². The molecule has 0 fully saturated rings. The number of nitrogen functional groups attached to an aromatic ring is 1. The maximum atomic E-state index is 11.7. The molecule has 0 bridgehead atoms. The van der Waals surface area contributed by atoms with Crippen molar-refractivity contribution in [2.45, 2.75) is 6.42 Å². The molecule has 18 heavy (non-hydrogen) atoms. The average Bonchev–Trinajstić information content (AvgIpc) is 2.71. The highest BCUT2D eigenvalue weighted by Crippen LogP contribution is 2.21. The van der Waals surface area contributed by atoms with Gasteiger partial charge in [0, 0.05) is 24.0 Å². The van der Waals surface area contributed by atoms with E-state index in [4.69, 9.17) is 15.9 Å². The number of primary amides is 1. The molecule has 0 aliphatic carbocycles. The highest BCUT2D eigenvalue weighted by molar-refractivity contribution is 5.96. The Labute approximate surface area is 103 Å². The van der Waals surface area contributed by atoms with Gasteiger partial charge in [-0.3, -0.25) is 9.59 Å².